The van der Waals surface area contributed by atoms with Crippen LogP contribution >= 0.6 is 0 Å². The van der Waals surface area contributed by atoms with Gasteiger partial charge in [-0.15, -0.1) is 0 Å². The zero-order valence-corrected chi connectivity index (χ0v) is 9.48. The molecule has 0 fully saturated rings. The van der Waals surface area contributed by atoms with Gasteiger partial charge in [0.1, 0.15) is 11.9 Å². The lowest BCUT2D eigenvalue weighted by Gasteiger charge is -2.05. The summed E-state index contributed by atoms with van der Waals surface area (Å²) in [7, 11) is 0. The zero-order valence-electron chi connectivity index (χ0n) is 9.48. The number of hydrogen-bond acceptors (Lipinski definition) is 5. The monoisotopic (exact) mass is 245 g/mol. The summed E-state index contributed by atoms with van der Waals surface area (Å²) in [5, 5.41) is 8.93. The summed E-state index contributed by atoms with van der Waals surface area (Å²) in [6, 6.07) is 5.51. The maximum Gasteiger partial charge on any atom is 0.339 e. The van der Waals surface area contributed by atoms with Crippen LogP contribution in [-0.2, 0) is 18.0 Å². The first-order chi connectivity index (χ1) is 8.77. The van der Waals surface area contributed by atoms with E-state index in [2.05, 4.69) is 15.0 Å². The summed E-state index contributed by atoms with van der Waals surface area (Å²) in [5.74, 6) is -1.06. The first-order valence-electron chi connectivity index (χ1n) is 5.27. The molecule has 0 aromatic carbocycles. The van der Waals surface area contributed by atoms with Crippen molar-refractivity contribution in [3.05, 3.63) is 53.9 Å². The Morgan fingerprint density at radius 3 is 2.89 bits per heavy atom. The van der Waals surface area contributed by atoms with Crippen LogP contribution in [0.25, 0.3) is 0 Å². The minimum atomic E-state index is -1.06. The largest absolute Gasteiger partial charge is 0.478 e. The van der Waals surface area contributed by atoms with Crippen LogP contribution < -0.4 is 0 Å². The summed E-state index contributed by atoms with van der Waals surface area (Å²) in [4.78, 5) is 22.6. The molecule has 92 valence electrons. The zero-order chi connectivity index (χ0) is 12.8. The van der Waals surface area contributed by atoms with Gasteiger partial charge < -0.3 is 9.84 Å². The van der Waals surface area contributed by atoms with Gasteiger partial charge in [-0.3, -0.25) is 4.98 Å². The van der Waals surface area contributed by atoms with E-state index in [-0.39, 0.29) is 12.2 Å². The first-order valence-corrected chi connectivity index (χ1v) is 5.27. The van der Waals surface area contributed by atoms with Crippen LogP contribution in [0.2, 0.25) is 0 Å². The van der Waals surface area contributed by atoms with Crippen LogP contribution in [0.1, 0.15) is 21.7 Å². The molecule has 2 rings (SSSR count). The van der Waals surface area contributed by atoms with Crippen LogP contribution in [0.4, 0.5) is 0 Å². The Balaban J connectivity index is 1.97. The molecule has 18 heavy (non-hydrogen) atoms. The fraction of sp³-hybridized carbons (Fsp3) is 0.167. The summed E-state index contributed by atoms with van der Waals surface area (Å²) in [6.07, 6.45) is 4.23. The fourth-order valence-electron chi connectivity index (χ4n) is 1.38. The normalized spacial score (nSPS) is 10.2. The number of pyridine rings is 1. The minimum absolute atomic E-state index is 0.0542. The number of carboxylic acids is 1. The van der Waals surface area contributed by atoms with Crippen molar-refractivity contribution in [1.29, 1.82) is 0 Å². The molecule has 0 atom stereocenters. The highest BCUT2D eigenvalue weighted by Gasteiger charge is 2.11. The third kappa shape index (κ3) is 3.08. The van der Waals surface area contributed by atoms with Crippen LogP contribution in [0.3, 0.4) is 0 Å². The van der Waals surface area contributed by atoms with E-state index < -0.39 is 5.97 Å². The van der Waals surface area contributed by atoms with Crippen molar-refractivity contribution in [2.75, 3.05) is 0 Å². The Morgan fingerprint density at radius 2 is 2.17 bits per heavy atom. The molecule has 0 bridgehead atoms. The van der Waals surface area contributed by atoms with Gasteiger partial charge in [0.15, 0.2) is 0 Å². The van der Waals surface area contributed by atoms with Crippen molar-refractivity contribution in [3.8, 4) is 0 Å². The Labute approximate surface area is 103 Å². The maximum absolute atomic E-state index is 10.9. The van der Waals surface area contributed by atoms with E-state index >= 15 is 0 Å². The number of aromatic nitrogens is 3. The van der Waals surface area contributed by atoms with E-state index in [1.165, 1.54) is 12.5 Å². The summed E-state index contributed by atoms with van der Waals surface area (Å²) >= 11 is 0. The molecule has 2 heterocycles. The lowest BCUT2D eigenvalue weighted by molar-refractivity contribution is 0.0680. The molecule has 0 aliphatic heterocycles. The third-order valence-electron chi connectivity index (χ3n) is 2.24. The average Bonchev–Trinajstić information content (AvgIpc) is 2.40. The van der Waals surface area contributed by atoms with Crippen molar-refractivity contribution < 1.29 is 14.6 Å². The SMILES string of the molecule is O=C(O)c1cncnc1COCc1ccccn1. The highest BCUT2D eigenvalue weighted by Crippen LogP contribution is 2.06. The number of nitrogens with zero attached hydrogens (tertiary/aromatic N) is 3. The highest BCUT2D eigenvalue weighted by molar-refractivity contribution is 5.88. The third-order valence-corrected chi connectivity index (χ3v) is 2.24. The molecule has 6 nitrogen and oxygen atoms in total. The molecule has 0 saturated heterocycles. The Kier molecular flexibility index (Phi) is 3.93. The second kappa shape index (κ2) is 5.83. The molecule has 0 aliphatic rings. The number of rotatable bonds is 5. The van der Waals surface area contributed by atoms with Gasteiger partial charge in [0, 0.05) is 12.4 Å². The predicted molar refractivity (Wildman–Crippen MR) is 61.7 cm³/mol. The predicted octanol–water partition coefficient (Wildman–Crippen LogP) is 1.29. The first kappa shape index (κ1) is 12.1. The Hall–Kier alpha value is -2.34. The topological polar surface area (TPSA) is 85.2 Å². The smallest absolute Gasteiger partial charge is 0.339 e. The fourth-order valence-corrected chi connectivity index (χ4v) is 1.38. The molecule has 1 N–H and O–H groups in total. The molecule has 6 heteroatoms. The van der Waals surface area contributed by atoms with E-state index in [9.17, 15) is 4.79 Å². The minimum Gasteiger partial charge on any atom is -0.478 e. The Morgan fingerprint density at radius 1 is 1.28 bits per heavy atom. The number of aromatic carboxylic acids is 1. The maximum atomic E-state index is 10.9. The summed E-state index contributed by atoms with van der Waals surface area (Å²) in [5.41, 5.74) is 1.19. The lowest BCUT2D eigenvalue weighted by Crippen LogP contribution is -2.07. The van der Waals surface area contributed by atoms with E-state index in [4.69, 9.17) is 9.84 Å². The van der Waals surface area contributed by atoms with Crippen LogP contribution in [-0.4, -0.2) is 26.0 Å². The van der Waals surface area contributed by atoms with Crippen LogP contribution in [0.5, 0.6) is 0 Å². The molecule has 0 aliphatic carbocycles. The quantitative estimate of drug-likeness (QED) is 0.854. The van der Waals surface area contributed by atoms with Gasteiger partial charge in [-0.25, -0.2) is 14.8 Å². The van der Waals surface area contributed by atoms with Crippen molar-refractivity contribution >= 4 is 5.97 Å². The molecule has 0 saturated carbocycles. The molecule has 0 unspecified atom stereocenters. The lowest BCUT2D eigenvalue weighted by atomic mass is 10.2. The molecular formula is C12H11N3O3. The number of hydrogen-bond donors (Lipinski definition) is 1. The van der Waals surface area contributed by atoms with Gasteiger partial charge >= 0.3 is 5.97 Å². The van der Waals surface area contributed by atoms with Crippen molar-refractivity contribution in [1.82, 2.24) is 15.0 Å². The van der Waals surface area contributed by atoms with Gasteiger partial charge in [0.25, 0.3) is 0 Å². The van der Waals surface area contributed by atoms with Gasteiger partial charge in [0.05, 0.1) is 24.6 Å². The van der Waals surface area contributed by atoms with Gasteiger partial charge in [-0.2, -0.15) is 0 Å². The van der Waals surface area contributed by atoms with Crippen molar-refractivity contribution in [3.63, 3.8) is 0 Å². The molecule has 0 spiro atoms. The second-order valence-corrected chi connectivity index (χ2v) is 3.50. The van der Waals surface area contributed by atoms with Gasteiger partial charge in [-0.05, 0) is 12.1 Å². The van der Waals surface area contributed by atoms with Crippen LogP contribution in [0.15, 0.2) is 36.9 Å². The number of carboxylic acid groups (broad SMARTS) is 1. The van der Waals surface area contributed by atoms with E-state index in [0.717, 1.165) is 5.69 Å². The van der Waals surface area contributed by atoms with Crippen molar-refractivity contribution in [2.45, 2.75) is 13.2 Å². The molecule has 2 aromatic rings. The van der Waals surface area contributed by atoms with E-state index in [1.807, 2.05) is 18.2 Å². The Bertz CT molecular complexity index is 531. The van der Waals surface area contributed by atoms with Crippen molar-refractivity contribution in [2.24, 2.45) is 0 Å². The standard InChI is InChI=1S/C12H11N3O3/c16-12(17)10-5-13-8-15-11(10)7-18-6-9-3-1-2-4-14-9/h1-5,8H,6-7H2,(H,16,17). The molecule has 0 radical (unpaired) electrons. The molecule has 0 amide bonds. The van der Waals surface area contributed by atoms with E-state index in [0.29, 0.717) is 12.3 Å². The summed E-state index contributed by atoms with van der Waals surface area (Å²) < 4.78 is 5.38. The second-order valence-electron chi connectivity index (χ2n) is 3.50. The number of carbonyl (C=O) groups is 1. The summed E-state index contributed by atoms with van der Waals surface area (Å²) in [6.45, 7) is 0.421. The molecular weight excluding hydrogens is 234 g/mol. The highest BCUT2D eigenvalue weighted by atomic mass is 16.5. The van der Waals surface area contributed by atoms with E-state index in [1.54, 1.807) is 6.20 Å². The van der Waals surface area contributed by atoms with Gasteiger partial charge in [-0.1, -0.05) is 6.07 Å². The molecule has 2 aromatic heterocycles. The van der Waals surface area contributed by atoms with Gasteiger partial charge in [0.2, 0.25) is 0 Å². The number of ether oxygens (including phenoxy) is 1. The van der Waals surface area contributed by atoms with Crippen LogP contribution in [0, 0.1) is 0 Å². The average molecular weight is 245 g/mol.